The molecule has 0 bridgehead atoms. The summed E-state index contributed by atoms with van der Waals surface area (Å²) < 4.78 is 15.1. The highest BCUT2D eigenvalue weighted by Gasteiger charge is 2.33. The molecule has 0 spiro atoms. The predicted octanol–water partition coefficient (Wildman–Crippen LogP) is 3.90. The lowest BCUT2D eigenvalue weighted by Crippen LogP contribution is -2.43. The summed E-state index contributed by atoms with van der Waals surface area (Å²) in [6.07, 6.45) is 7.22. The van der Waals surface area contributed by atoms with Crippen molar-refractivity contribution in [1.29, 1.82) is 0 Å². The van der Waals surface area contributed by atoms with Crippen LogP contribution in [0.25, 0.3) is 5.69 Å². The number of likely N-dealkylation sites (tertiary alicyclic amines) is 1. The highest BCUT2D eigenvalue weighted by Crippen LogP contribution is 2.30. The third-order valence-electron chi connectivity index (χ3n) is 5.56. The topological polar surface area (TPSA) is 38.1 Å². The fourth-order valence-electron chi connectivity index (χ4n) is 4.23. The molecule has 1 atom stereocenters. The Morgan fingerprint density at radius 2 is 2.00 bits per heavy atom. The number of amides is 1. The Morgan fingerprint density at radius 3 is 2.76 bits per heavy atom. The van der Waals surface area contributed by atoms with Crippen molar-refractivity contribution in [2.45, 2.75) is 57.9 Å². The van der Waals surface area contributed by atoms with E-state index < -0.39 is 0 Å². The molecular weight excluding hydrogens is 317 g/mol. The summed E-state index contributed by atoms with van der Waals surface area (Å²) in [6.45, 7) is 2.98. The molecule has 0 saturated carbocycles. The molecule has 0 N–H and O–H groups in total. The van der Waals surface area contributed by atoms with Crippen molar-refractivity contribution in [3.63, 3.8) is 0 Å². The van der Waals surface area contributed by atoms with E-state index in [1.54, 1.807) is 12.1 Å². The van der Waals surface area contributed by atoms with Crippen LogP contribution in [0.5, 0.6) is 0 Å². The van der Waals surface area contributed by atoms with Crippen LogP contribution in [-0.2, 0) is 12.8 Å². The Kier molecular flexibility index (Phi) is 4.32. The van der Waals surface area contributed by atoms with E-state index in [1.165, 1.54) is 18.6 Å². The van der Waals surface area contributed by atoms with E-state index in [1.807, 2.05) is 9.58 Å². The lowest BCUT2D eigenvalue weighted by Gasteiger charge is -2.35. The highest BCUT2D eigenvalue weighted by atomic mass is 19.1. The smallest absolute Gasteiger partial charge is 0.274 e. The van der Waals surface area contributed by atoms with Gasteiger partial charge in [0.05, 0.1) is 5.69 Å². The highest BCUT2D eigenvalue weighted by molar-refractivity contribution is 5.94. The zero-order valence-electron chi connectivity index (χ0n) is 14.7. The van der Waals surface area contributed by atoms with Crippen LogP contribution in [0.2, 0.25) is 0 Å². The van der Waals surface area contributed by atoms with Gasteiger partial charge in [0.2, 0.25) is 0 Å². The number of benzene rings is 1. The first-order valence-corrected chi connectivity index (χ1v) is 9.36. The molecule has 4 nitrogen and oxygen atoms in total. The van der Waals surface area contributed by atoms with Crippen LogP contribution >= 0.6 is 0 Å². The van der Waals surface area contributed by atoms with Gasteiger partial charge in [-0.25, -0.2) is 9.07 Å². The molecule has 1 amide bonds. The molecular formula is C20H24FN3O. The van der Waals surface area contributed by atoms with E-state index in [4.69, 9.17) is 0 Å². The van der Waals surface area contributed by atoms with Gasteiger partial charge in [0.25, 0.3) is 5.91 Å². The number of aromatic nitrogens is 2. The second-order valence-electron chi connectivity index (χ2n) is 7.07. The van der Waals surface area contributed by atoms with E-state index in [9.17, 15) is 9.18 Å². The zero-order valence-corrected chi connectivity index (χ0v) is 14.7. The van der Waals surface area contributed by atoms with Gasteiger partial charge in [-0.3, -0.25) is 4.79 Å². The minimum absolute atomic E-state index is 0.0746. The van der Waals surface area contributed by atoms with Gasteiger partial charge in [0.15, 0.2) is 5.69 Å². The molecule has 2 aromatic rings. The van der Waals surface area contributed by atoms with E-state index >= 15 is 0 Å². The molecule has 1 aliphatic heterocycles. The van der Waals surface area contributed by atoms with Gasteiger partial charge in [0, 0.05) is 23.8 Å². The summed E-state index contributed by atoms with van der Waals surface area (Å²) in [5, 5.41) is 4.68. The van der Waals surface area contributed by atoms with Gasteiger partial charge < -0.3 is 4.90 Å². The standard InChI is InChI=1S/C20H24FN3O/c1-2-15-6-3-4-13-23(15)20(25)19-17-7-5-8-18(17)24(22-19)16-11-9-14(21)10-12-16/h9-12,15H,2-8,13H2,1H3. The maximum atomic E-state index is 13.2. The maximum absolute atomic E-state index is 13.2. The summed E-state index contributed by atoms with van der Waals surface area (Å²) in [5.74, 6) is -0.187. The van der Waals surface area contributed by atoms with Crippen molar-refractivity contribution in [2.24, 2.45) is 0 Å². The number of piperidine rings is 1. The fraction of sp³-hybridized carbons (Fsp3) is 0.500. The molecule has 1 aromatic heterocycles. The van der Waals surface area contributed by atoms with Crippen LogP contribution in [0.4, 0.5) is 4.39 Å². The van der Waals surface area contributed by atoms with E-state index in [-0.39, 0.29) is 11.7 Å². The van der Waals surface area contributed by atoms with Crippen molar-refractivity contribution in [1.82, 2.24) is 14.7 Å². The summed E-state index contributed by atoms with van der Waals surface area (Å²) in [5.41, 5.74) is 3.64. The molecule has 2 aliphatic rings. The van der Waals surface area contributed by atoms with E-state index in [2.05, 4.69) is 12.0 Å². The molecule has 0 radical (unpaired) electrons. The third-order valence-corrected chi connectivity index (χ3v) is 5.56. The van der Waals surface area contributed by atoms with Crippen molar-refractivity contribution < 1.29 is 9.18 Å². The van der Waals surface area contributed by atoms with Crippen LogP contribution in [0.1, 0.15) is 60.8 Å². The van der Waals surface area contributed by atoms with Crippen LogP contribution < -0.4 is 0 Å². The quantitative estimate of drug-likeness (QED) is 0.849. The number of carbonyl (C=O) groups excluding carboxylic acids is 1. The third kappa shape index (κ3) is 2.86. The van der Waals surface area contributed by atoms with Gasteiger partial charge in [-0.05, 0) is 69.2 Å². The molecule has 1 saturated heterocycles. The first kappa shape index (κ1) is 16.3. The van der Waals surface area contributed by atoms with Gasteiger partial charge >= 0.3 is 0 Å². The molecule has 1 unspecified atom stereocenters. The van der Waals surface area contributed by atoms with Gasteiger partial charge in [-0.2, -0.15) is 5.10 Å². The van der Waals surface area contributed by atoms with Crippen LogP contribution in [0.3, 0.4) is 0 Å². The van der Waals surface area contributed by atoms with E-state index in [0.717, 1.165) is 62.0 Å². The molecule has 1 aromatic carbocycles. The molecule has 1 fully saturated rings. The van der Waals surface area contributed by atoms with Crippen molar-refractivity contribution >= 4 is 5.91 Å². The fourth-order valence-corrected chi connectivity index (χ4v) is 4.23. The van der Waals surface area contributed by atoms with Gasteiger partial charge in [-0.15, -0.1) is 0 Å². The normalized spacial score (nSPS) is 19.9. The Morgan fingerprint density at radius 1 is 1.20 bits per heavy atom. The lowest BCUT2D eigenvalue weighted by atomic mass is 9.99. The predicted molar refractivity (Wildman–Crippen MR) is 94.5 cm³/mol. The van der Waals surface area contributed by atoms with Crippen molar-refractivity contribution in [2.75, 3.05) is 6.54 Å². The number of carbonyl (C=O) groups is 1. The number of fused-ring (bicyclic) bond motifs is 1. The van der Waals surface area contributed by atoms with Crippen LogP contribution in [0, 0.1) is 5.82 Å². The minimum Gasteiger partial charge on any atom is -0.334 e. The monoisotopic (exact) mass is 341 g/mol. The molecule has 132 valence electrons. The minimum atomic E-state index is -0.261. The number of hydrogen-bond acceptors (Lipinski definition) is 2. The largest absolute Gasteiger partial charge is 0.334 e. The number of hydrogen-bond donors (Lipinski definition) is 0. The van der Waals surface area contributed by atoms with Gasteiger partial charge in [0.1, 0.15) is 5.82 Å². The number of halogens is 1. The lowest BCUT2D eigenvalue weighted by molar-refractivity contribution is 0.0600. The average molecular weight is 341 g/mol. The molecule has 2 heterocycles. The Hall–Kier alpha value is -2.17. The summed E-state index contributed by atoms with van der Waals surface area (Å²) >= 11 is 0. The second-order valence-corrected chi connectivity index (χ2v) is 7.07. The summed E-state index contributed by atoms with van der Waals surface area (Å²) in [7, 11) is 0. The average Bonchev–Trinajstić information content (AvgIpc) is 3.24. The van der Waals surface area contributed by atoms with Crippen molar-refractivity contribution in [3.8, 4) is 5.69 Å². The van der Waals surface area contributed by atoms with Gasteiger partial charge in [-0.1, -0.05) is 6.92 Å². The zero-order chi connectivity index (χ0) is 17.4. The Balaban J connectivity index is 1.72. The van der Waals surface area contributed by atoms with Crippen LogP contribution in [0.15, 0.2) is 24.3 Å². The summed E-state index contributed by atoms with van der Waals surface area (Å²) in [6, 6.07) is 6.67. The molecule has 5 heteroatoms. The maximum Gasteiger partial charge on any atom is 0.274 e. The SMILES string of the molecule is CCC1CCCCN1C(=O)c1nn(-c2ccc(F)cc2)c2c1CCC2. The Bertz CT molecular complexity index is 781. The first-order valence-electron chi connectivity index (χ1n) is 9.36. The number of nitrogens with zero attached hydrogens (tertiary/aromatic N) is 3. The van der Waals surface area contributed by atoms with E-state index in [0.29, 0.717) is 11.7 Å². The second kappa shape index (κ2) is 6.62. The Labute approximate surface area is 147 Å². The summed E-state index contributed by atoms with van der Waals surface area (Å²) in [4.78, 5) is 15.2. The molecule has 25 heavy (non-hydrogen) atoms. The van der Waals surface area contributed by atoms with Crippen LogP contribution in [-0.4, -0.2) is 33.2 Å². The molecule has 1 aliphatic carbocycles. The van der Waals surface area contributed by atoms with Crippen molar-refractivity contribution in [3.05, 3.63) is 47.0 Å². The first-order chi connectivity index (χ1) is 12.2. The number of rotatable bonds is 3. The molecule has 4 rings (SSSR count).